The third-order valence-corrected chi connectivity index (χ3v) is 3.65. The van der Waals surface area contributed by atoms with E-state index in [0.29, 0.717) is 18.0 Å². The molecule has 0 saturated heterocycles. The fourth-order valence-electron chi connectivity index (χ4n) is 2.33. The summed E-state index contributed by atoms with van der Waals surface area (Å²) < 4.78 is 10.8. The molecule has 0 heterocycles. The Labute approximate surface area is 137 Å². The summed E-state index contributed by atoms with van der Waals surface area (Å²) in [5.74, 6) is 1.04. The maximum Gasteiger partial charge on any atom is 0.258 e. The van der Waals surface area contributed by atoms with Crippen molar-refractivity contribution in [2.45, 2.75) is 27.3 Å². The first-order valence-electron chi connectivity index (χ1n) is 7.60. The molecule has 0 aliphatic heterocycles. The molecule has 2 aromatic rings. The van der Waals surface area contributed by atoms with Crippen LogP contribution in [0, 0.1) is 20.8 Å². The van der Waals surface area contributed by atoms with Gasteiger partial charge in [0, 0.05) is 6.54 Å². The molecule has 4 nitrogen and oxygen atoms in total. The number of methoxy groups -OCH3 is 1. The van der Waals surface area contributed by atoms with Crippen LogP contribution in [0.5, 0.6) is 11.5 Å². The second-order valence-corrected chi connectivity index (χ2v) is 5.65. The van der Waals surface area contributed by atoms with Gasteiger partial charge in [-0.1, -0.05) is 29.8 Å². The van der Waals surface area contributed by atoms with Gasteiger partial charge >= 0.3 is 0 Å². The molecule has 0 aliphatic rings. The second kappa shape index (κ2) is 7.68. The lowest BCUT2D eigenvalue weighted by molar-refractivity contribution is -0.123. The molecule has 0 radical (unpaired) electrons. The van der Waals surface area contributed by atoms with Crippen LogP contribution in [0.2, 0.25) is 0 Å². The molecule has 1 amide bonds. The van der Waals surface area contributed by atoms with Crippen LogP contribution in [0.25, 0.3) is 0 Å². The molecule has 0 unspecified atom stereocenters. The second-order valence-electron chi connectivity index (χ2n) is 5.65. The van der Waals surface area contributed by atoms with Crippen molar-refractivity contribution in [3.63, 3.8) is 0 Å². The third kappa shape index (κ3) is 4.74. The summed E-state index contributed by atoms with van der Waals surface area (Å²) in [6.45, 7) is 6.53. The van der Waals surface area contributed by atoms with E-state index in [4.69, 9.17) is 9.47 Å². The highest BCUT2D eigenvalue weighted by molar-refractivity contribution is 5.77. The van der Waals surface area contributed by atoms with Gasteiger partial charge in [0.2, 0.25) is 0 Å². The minimum absolute atomic E-state index is 0.0374. The lowest BCUT2D eigenvalue weighted by Crippen LogP contribution is -2.28. The minimum atomic E-state index is -0.160. The number of aryl methyl sites for hydroxylation is 3. The molecule has 23 heavy (non-hydrogen) atoms. The summed E-state index contributed by atoms with van der Waals surface area (Å²) in [5, 5.41) is 2.87. The van der Waals surface area contributed by atoms with E-state index >= 15 is 0 Å². The van der Waals surface area contributed by atoms with Crippen molar-refractivity contribution >= 4 is 5.91 Å². The summed E-state index contributed by atoms with van der Waals surface area (Å²) in [5.41, 5.74) is 4.57. The predicted molar refractivity (Wildman–Crippen MR) is 91.0 cm³/mol. The Morgan fingerprint density at radius 2 is 1.70 bits per heavy atom. The van der Waals surface area contributed by atoms with Crippen LogP contribution in [0.4, 0.5) is 0 Å². The van der Waals surface area contributed by atoms with E-state index in [9.17, 15) is 4.79 Å². The van der Waals surface area contributed by atoms with Gasteiger partial charge in [0.1, 0.15) is 0 Å². The Morgan fingerprint density at radius 3 is 2.39 bits per heavy atom. The average molecular weight is 313 g/mol. The fourth-order valence-corrected chi connectivity index (χ4v) is 2.33. The molecular weight excluding hydrogens is 290 g/mol. The molecule has 0 bridgehead atoms. The van der Waals surface area contributed by atoms with Crippen LogP contribution in [0.15, 0.2) is 36.4 Å². The molecule has 0 saturated carbocycles. The largest absolute Gasteiger partial charge is 0.493 e. The van der Waals surface area contributed by atoms with Crippen molar-refractivity contribution < 1.29 is 14.3 Å². The number of carbonyl (C=O) groups excluding carboxylic acids is 1. The van der Waals surface area contributed by atoms with Crippen LogP contribution < -0.4 is 14.8 Å². The molecule has 2 rings (SSSR count). The molecule has 0 spiro atoms. The van der Waals surface area contributed by atoms with Gasteiger partial charge in [0.25, 0.3) is 5.91 Å². The van der Waals surface area contributed by atoms with Gasteiger partial charge in [0.05, 0.1) is 7.11 Å². The van der Waals surface area contributed by atoms with Crippen molar-refractivity contribution in [1.82, 2.24) is 5.32 Å². The number of hydrogen-bond donors (Lipinski definition) is 1. The molecule has 0 atom stereocenters. The number of benzene rings is 2. The van der Waals surface area contributed by atoms with E-state index in [1.54, 1.807) is 7.11 Å². The molecule has 1 N–H and O–H groups in total. The van der Waals surface area contributed by atoms with Gasteiger partial charge in [-0.05, 0) is 49.6 Å². The lowest BCUT2D eigenvalue weighted by Gasteiger charge is -2.12. The van der Waals surface area contributed by atoms with E-state index in [1.165, 1.54) is 11.1 Å². The number of hydrogen-bond acceptors (Lipinski definition) is 3. The molecule has 4 heteroatoms. The van der Waals surface area contributed by atoms with Crippen molar-refractivity contribution in [3.8, 4) is 11.5 Å². The maximum absolute atomic E-state index is 12.0. The van der Waals surface area contributed by atoms with Gasteiger partial charge in [-0.15, -0.1) is 0 Å². The Hall–Kier alpha value is -2.49. The smallest absolute Gasteiger partial charge is 0.258 e. The SMILES string of the molecule is COc1cc(C)ccc1OCC(=O)NCc1ccc(C)cc1C. The van der Waals surface area contributed by atoms with Gasteiger partial charge < -0.3 is 14.8 Å². The van der Waals surface area contributed by atoms with Gasteiger partial charge in [0.15, 0.2) is 18.1 Å². The third-order valence-electron chi connectivity index (χ3n) is 3.65. The summed E-state index contributed by atoms with van der Waals surface area (Å²) in [6, 6.07) is 11.8. The standard InChI is InChI=1S/C19H23NO3/c1-13-5-7-16(15(3)9-13)11-20-19(21)12-23-17-8-6-14(2)10-18(17)22-4/h5-10H,11-12H2,1-4H3,(H,20,21). The highest BCUT2D eigenvalue weighted by Gasteiger charge is 2.08. The number of rotatable bonds is 6. The van der Waals surface area contributed by atoms with E-state index < -0.39 is 0 Å². The van der Waals surface area contributed by atoms with Crippen molar-refractivity contribution in [1.29, 1.82) is 0 Å². The molecule has 0 aromatic heterocycles. The zero-order valence-electron chi connectivity index (χ0n) is 14.1. The topological polar surface area (TPSA) is 47.6 Å². The summed E-state index contributed by atoms with van der Waals surface area (Å²) in [4.78, 5) is 12.0. The van der Waals surface area contributed by atoms with Gasteiger partial charge in [-0.2, -0.15) is 0 Å². The summed E-state index contributed by atoms with van der Waals surface area (Å²) in [7, 11) is 1.59. The van der Waals surface area contributed by atoms with E-state index in [-0.39, 0.29) is 12.5 Å². The van der Waals surface area contributed by atoms with Crippen LogP contribution in [-0.4, -0.2) is 19.6 Å². The minimum Gasteiger partial charge on any atom is -0.493 e. The first-order chi connectivity index (χ1) is 11.0. The van der Waals surface area contributed by atoms with E-state index in [1.807, 2.05) is 44.2 Å². The Balaban J connectivity index is 1.88. The fraction of sp³-hybridized carbons (Fsp3) is 0.316. The van der Waals surface area contributed by atoms with Crippen molar-refractivity contribution in [3.05, 3.63) is 58.7 Å². The summed E-state index contributed by atoms with van der Waals surface area (Å²) in [6.07, 6.45) is 0. The molecular formula is C19H23NO3. The van der Waals surface area contributed by atoms with Gasteiger partial charge in [-0.3, -0.25) is 4.79 Å². The molecule has 0 fully saturated rings. The number of nitrogens with one attached hydrogen (secondary N) is 1. The summed E-state index contributed by atoms with van der Waals surface area (Å²) >= 11 is 0. The number of carbonyl (C=O) groups is 1. The van der Waals surface area contributed by atoms with Crippen LogP contribution >= 0.6 is 0 Å². The van der Waals surface area contributed by atoms with Crippen LogP contribution in [-0.2, 0) is 11.3 Å². The van der Waals surface area contributed by atoms with Crippen molar-refractivity contribution in [2.75, 3.05) is 13.7 Å². The monoisotopic (exact) mass is 313 g/mol. The zero-order valence-corrected chi connectivity index (χ0v) is 14.1. The zero-order chi connectivity index (χ0) is 16.8. The Bertz CT molecular complexity index is 695. The first-order valence-corrected chi connectivity index (χ1v) is 7.60. The number of ether oxygens (including phenoxy) is 2. The highest BCUT2D eigenvalue weighted by atomic mass is 16.5. The highest BCUT2D eigenvalue weighted by Crippen LogP contribution is 2.27. The maximum atomic E-state index is 12.0. The lowest BCUT2D eigenvalue weighted by atomic mass is 10.1. The molecule has 0 aliphatic carbocycles. The Morgan fingerprint density at radius 1 is 1.00 bits per heavy atom. The molecule has 2 aromatic carbocycles. The van der Waals surface area contributed by atoms with E-state index in [0.717, 1.165) is 11.1 Å². The van der Waals surface area contributed by atoms with Crippen LogP contribution in [0.3, 0.4) is 0 Å². The average Bonchev–Trinajstić information content (AvgIpc) is 2.52. The quantitative estimate of drug-likeness (QED) is 0.890. The normalized spacial score (nSPS) is 10.3. The van der Waals surface area contributed by atoms with Crippen LogP contribution in [0.1, 0.15) is 22.3 Å². The predicted octanol–water partition coefficient (Wildman–Crippen LogP) is 3.32. The van der Waals surface area contributed by atoms with Crippen molar-refractivity contribution in [2.24, 2.45) is 0 Å². The van der Waals surface area contributed by atoms with Gasteiger partial charge in [-0.25, -0.2) is 0 Å². The van der Waals surface area contributed by atoms with E-state index in [2.05, 4.69) is 18.3 Å². The first kappa shape index (κ1) is 16.9. The number of amides is 1. The Kier molecular flexibility index (Phi) is 5.63. The molecule has 122 valence electrons.